The van der Waals surface area contributed by atoms with Crippen molar-refractivity contribution >= 4 is 66.5 Å². The molecule has 2 N–H and O–H groups in total. The van der Waals surface area contributed by atoms with Crippen molar-refractivity contribution in [3.05, 3.63) is 70.0 Å². The first-order chi connectivity index (χ1) is 14.7. The first-order valence-electron chi connectivity index (χ1n) is 8.91. The van der Waals surface area contributed by atoms with Crippen LogP contribution in [0.1, 0.15) is 5.56 Å². The molecule has 2 heterocycles. The Morgan fingerprint density at radius 1 is 1.07 bits per heavy atom. The van der Waals surface area contributed by atoms with Gasteiger partial charge in [0.25, 0.3) is 0 Å². The van der Waals surface area contributed by atoms with E-state index in [1.807, 2.05) is 47.8 Å². The lowest BCUT2D eigenvalue weighted by Crippen LogP contribution is -2.13. The largest absolute Gasteiger partial charge is 0.356 e. The summed E-state index contributed by atoms with van der Waals surface area (Å²) in [6.45, 7) is 0.686. The Bertz CT molecular complexity index is 1130. The summed E-state index contributed by atoms with van der Waals surface area (Å²) in [5.41, 5.74) is 3.01. The first-order valence-corrected chi connectivity index (χ1v) is 12.4. The number of thioether (sulfide) groups is 1. The van der Waals surface area contributed by atoms with Crippen LogP contribution in [0.15, 0.2) is 68.8 Å². The molecular formula is C20H16BrN5OS3. The van der Waals surface area contributed by atoms with Gasteiger partial charge in [-0.25, -0.2) is 4.98 Å². The van der Waals surface area contributed by atoms with E-state index in [-0.39, 0.29) is 11.7 Å². The summed E-state index contributed by atoms with van der Waals surface area (Å²) in [5, 5.41) is 17.6. The van der Waals surface area contributed by atoms with Crippen molar-refractivity contribution in [2.24, 2.45) is 0 Å². The van der Waals surface area contributed by atoms with Gasteiger partial charge in [0.1, 0.15) is 0 Å². The molecule has 0 spiro atoms. The highest BCUT2D eigenvalue weighted by Crippen LogP contribution is 2.28. The predicted octanol–water partition coefficient (Wildman–Crippen LogP) is 5.77. The molecule has 2 aromatic carbocycles. The van der Waals surface area contributed by atoms with Crippen molar-refractivity contribution in [3.8, 4) is 11.3 Å². The van der Waals surface area contributed by atoms with Gasteiger partial charge in [-0.3, -0.25) is 4.79 Å². The lowest BCUT2D eigenvalue weighted by Gasteiger charge is -2.01. The van der Waals surface area contributed by atoms with Gasteiger partial charge in [-0.05, 0) is 17.7 Å². The molecule has 10 heteroatoms. The maximum Gasteiger partial charge on any atom is 0.236 e. The van der Waals surface area contributed by atoms with E-state index in [9.17, 15) is 4.79 Å². The third kappa shape index (κ3) is 5.88. The Kier molecular flexibility index (Phi) is 7.11. The number of hydrogen-bond acceptors (Lipinski definition) is 8. The number of carbonyl (C=O) groups excluding carboxylic acids is 1. The van der Waals surface area contributed by atoms with Gasteiger partial charge in [0.15, 0.2) is 9.47 Å². The fourth-order valence-electron chi connectivity index (χ4n) is 2.51. The molecule has 30 heavy (non-hydrogen) atoms. The van der Waals surface area contributed by atoms with Crippen LogP contribution in [0.4, 0.5) is 10.3 Å². The Balaban J connectivity index is 1.26. The minimum atomic E-state index is -0.121. The van der Waals surface area contributed by atoms with Gasteiger partial charge in [0, 0.05) is 22.0 Å². The van der Waals surface area contributed by atoms with Gasteiger partial charge < -0.3 is 10.6 Å². The number of benzene rings is 2. The van der Waals surface area contributed by atoms with Gasteiger partial charge in [-0.1, -0.05) is 81.5 Å². The molecule has 4 rings (SSSR count). The van der Waals surface area contributed by atoms with Crippen molar-refractivity contribution in [2.45, 2.75) is 10.9 Å². The molecule has 6 nitrogen and oxygen atoms in total. The number of carbonyl (C=O) groups is 1. The average molecular weight is 518 g/mol. The van der Waals surface area contributed by atoms with Crippen molar-refractivity contribution in [1.29, 1.82) is 0 Å². The second-order valence-electron chi connectivity index (χ2n) is 6.10. The van der Waals surface area contributed by atoms with Crippen LogP contribution >= 0.6 is 50.4 Å². The van der Waals surface area contributed by atoms with E-state index in [2.05, 4.69) is 53.9 Å². The van der Waals surface area contributed by atoms with E-state index in [0.717, 1.165) is 25.2 Å². The third-order valence-electron chi connectivity index (χ3n) is 3.89. The van der Waals surface area contributed by atoms with Gasteiger partial charge in [0.2, 0.25) is 11.0 Å². The van der Waals surface area contributed by atoms with Crippen LogP contribution in [0, 0.1) is 0 Å². The zero-order valence-electron chi connectivity index (χ0n) is 15.5. The Morgan fingerprint density at radius 3 is 2.77 bits per heavy atom. The van der Waals surface area contributed by atoms with Gasteiger partial charge in [-0.2, -0.15) is 0 Å². The summed E-state index contributed by atoms with van der Waals surface area (Å²) in [6.07, 6.45) is 0. The van der Waals surface area contributed by atoms with Crippen molar-refractivity contribution in [3.63, 3.8) is 0 Å². The molecule has 0 unspecified atom stereocenters. The van der Waals surface area contributed by atoms with E-state index >= 15 is 0 Å². The molecule has 0 bridgehead atoms. The van der Waals surface area contributed by atoms with Crippen LogP contribution in [0.2, 0.25) is 0 Å². The number of rotatable bonds is 8. The molecule has 0 aliphatic carbocycles. The average Bonchev–Trinajstić information content (AvgIpc) is 3.41. The van der Waals surface area contributed by atoms with E-state index in [4.69, 9.17) is 0 Å². The summed E-state index contributed by atoms with van der Waals surface area (Å²) >= 11 is 7.66. The number of nitrogens with zero attached hydrogens (tertiary/aromatic N) is 3. The van der Waals surface area contributed by atoms with Crippen molar-refractivity contribution in [1.82, 2.24) is 15.2 Å². The molecule has 0 saturated heterocycles. The minimum Gasteiger partial charge on any atom is -0.356 e. The second kappa shape index (κ2) is 10.2. The molecule has 2 aromatic heterocycles. The van der Waals surface area contributed by atoms with Crippen LogP contribution in [0.5, 0.6) is 0 Å². The molecule has 0 fully saturated rings. The topological polar surface area (TPSA) is 79.8 Å². The number of hydrogen-bond donors (Lipinski definition) is 2. The lowest BCUT2D eigenvalue weighted by atomic mass is 10.2. The molecular weight excluding hydrogens is 502 g/mol. The fourth-order valence-corrected chi connectivity index (χ4v) is 5.19. The van der Waals surface area contributed by atoms with Crippen LogP contribution < -0.4 is 10.6 Å². The predicted molar refractivity (Wildman–Crippen MR) is 128 cm³/mol. The number of anilines is 2. The number of thiazole rings is 1. The van der Waals surface area contributed by atoms with Gasteiger partial charge in [-0.15, -0.1) is 21.5 Å². The summed E-state index contributed by atoms with van der Waals surface area (Å²) in [6, 6.07) is 18.0. The highest BCUT2D eigenvalue weighted by atomic mass is 79.9. The number of amides is 1. The van der Waals surface area contributed by atoms with Crippen LogP contribution in [0.25, 0.3) is 11.3 Å². The molecule has 152 valence electrons. The Hall–Kier alpha value is -2.27. The first kappa shape index (κ1) is 21.0. The molecule has 4 aromatic rings. The molecule has 0 saturated carbocycles. The zero-order valence-corrected chi connectivity index (χ0v) is 19.6. The lowest BCUT2D eigenvalue weighted by molar-refractivity contribution is -0.113. The van der Waals surface area contributed by atoms with Gasteiger partial charge >= 0.3 is 0 Å². The Labute approximate surface area is 194 Å². The van der Waals surface area contributed by atoms with Crippen LogP contribution in [-0.2, 0) is 11.3 Å². The molecule has 0 atom stereocenters. The second-order valence-corrected chi connectivity index (χ2v) is 10.1. The molecule has 1 amide bonds. The quantitative estimate of drug-likeness (QED) is 0.289. The number of aromatic nitrogens is 3. The minimum absolute atomic E-state index is 0.121. The molecule has 0 aliphatic rings. The highest BCUT2D eigenvalue weighted by molar-refractivity contribution is 9.10. The number of halogens is 1. The maximum atomic E-state index is 12.3. The van der Waals surface area contributed by atoms with Crippen LogP contribution in [0.3, 0.4) is 0 Å². The van der Waals surface area contributed by atoms with Crippen molar-refractivity contribution in [2.75, 3.05) is 16.4 Å². The standard InChI is InChI=1S/C20H16BrN5OS3/c21-15-8-4-7-14(9-15)16-11-28-19(23-16)24-17(27)12-29-20-26-25-18(30-20)22-10-13-5-2-1-3-6-13/h1-9,11H,10,12H2,(H,22,25)(H,23,24,27). The summed E-state index contributed by atoms with van der Waals surface area (Å²) in [5.74, 6) is 0.128. The molecule has 0 aliphatic heterocycles. The zero-order chi connectivity index (χ0) is 20.8. The Morgan fingerprint density at radius 2 is 1.93 bits per heavy atom. The monoisotopic (exact) mass is 517 g/mol. The number of nitrogens with one attached hydrogen (secondary N) is 2. The summed E-state index contributed by atoms with van der Waals surface area (Å²) in [7, 11) is 0. The van der Waals surface area contributed by atoms with E-state index in [0.29, 0.717) is 11.7 Å². The molecule has 0 radical (unpaired) electrons. The summed E-state index contributed by atoms with van der Waals surface area (Å²) in [4.78, 5) is 16.8. The third-order valence-corrected chi connectivity index (χ3v) is 7.16. The van der Waals surface area contributed by atoms with E-state index < -0.39 is 0 Å². The summed E-state index contributed by atoms with van der Waals surface area (Å²) < 4.78 is 1.74. The normalized spacial score (nSPS) is 10.7. The maximum absolute atomic E-state index is 12.3. The van der Waals surface area contributed by atoms with E-state index in [1.54, 1.807) is 0 Å². The van der Waals surface area contributed by atoms with E-state index in [1.165, 1.54) is 40.0 Å². The SMILES string of the molecule is O=C(CSc1nnc(NCc2ccccc2)s1)Nc1nc(-c2cccc(Br)c2)cs1. The van der Waals surface area contributed by atoms with Gasteiger partial charge in [0.05, 0.1) is 11.4 Å². The highest BCUT2D eigenvalue weighted by Gasteiger charge is 2.11. The van der Waals surface area contributed by atoms with Crippen LogP contribution in [-0.4, -0.2) is 26.8 Å². The smallest absolute Gasteiger partial charge is 0.236 e. The fraction of sp³-hybridized carbons (Fsp3) is 0.100. The van der Waals surface area contributed by atoms with Crippen molar-refractivity contribution < 1.29 is 4.79 Å².